The Labute approximate surface area is 119 Å². The molecule has 0 aromatic rings. The third kappa shape index (κ3) is 4.27. The smallest absolute Gasteiger partial charge is 0.331 e. The molecule has 0 aromatic heterocycles. The Balaban J connectivity index is 2.62. The van der Waals surface area contributed by atoms with Crippen LogP contribution in [0.3, 0.4) is 0 Å². The van der Waals surface area contributed by atoms with Crippen molar-refractivity contribution in [3.05, 3.63) is 11.1 Å². The lowest BCUT2D eigenvalue weighted by Crippen LogP contribution is -2.42. The van der Waals surface area contributed by atoms with Crippen LogP contribution in [-0.2, 0) is 9.59 Å². The number of amides is 1. The summed E-state index contributed by atoms with van der Waals surface area (Å²) in [5, 5.41) is 11.8. The van der Waals surface area contributed by atoms with E-state index in [1.165, 1.54) is 26.2 Å². The normalized spacial score (nSPS) is 19.5. The van der Waals surface area contributed by atoms with Crippen molar-refractivity contribution < 1.29 is 14.7 Å². The monoisotopic (exact) mass is 285 g/mol. The summed E-state index contributed by atoms with van der Waals surface area (Å²) in [6.07, 6.45) is 8.01. The van der Waals surface area contributed by atoms with E-state index in [9.17, 15) is 9.59 Å². The van der Waals surface area contributed by atoms with Gasteiger partial charge in [0, 0.05) is 22.4 Å². The van der Waals surface area contributed by atoms with E-state index in [2.05, 4.69) is 11.6 Å². The molecule has 0 unspecified atom stereocenters. The Morgan fingerprint density at radius 3 is 2.21 bits per heavy atom. The molecular formula is C14H23NO3S. The molecule has 19 heavy (non-hydrogen) atoms. The molecule has 0 spiro atoms. The second-order valence-corrected chi connectivity index (χ2v) is 6.46. The quantitative estimate of drug-likeness (QED) is 0.762. The molecule has 0 bridgehead atoms. The lowest BCUT2D eigenvalue weighted by Gasteiger charge is -2.35. The number of rotatable bonds is 5. The van der Waals surface area contributed by atoms with Gasteiger partial charge in [0.2, 0.25) is 5.91 Å². The summed E-state index contributed by atoms with van der Waals surface area (Å²) in [5.74, 6) is -1.30. The number of hydrogen-bond donors (Lipinski definition) is 2. The number of carboxylic acid groups (broad SMARTS) is 1. The van der Waals surface area contributed by atoms with E-state index in [1.807, 2.05) is 11.8 Å². The van der Waals surface area contributed by atoms with Gasteiger partial charge in [0.15, 0.2) is 0 Å². The zero-order valence-corrected chi connectivity index (χ0v) is 12.7. The zero-order chi connectivity index (χ0) is 14.5. The molecule has 2 N–H and O–H groups in total. The number of carboxylic acids is 1. The summed E-state index contributed by atoms with van der Waals surface area (Å²) in [5.41, 5.74) is 0.402. The van der Waals surface area contributed by atoms with Gasteiger partial charge in [-0.3, -0.25) is 4.79 Å². The number of carbonyl (C=O) groups excluding carboxylic acids is 1. The summed E-state index contributed by atoms with van der Waals surface area (Å²) < 4.78 is 0.130. The highest BCUT2D eigenvalue weighted by Gasteiger charge is 2.31. The first kappa shape index (κ1) is 16.1. The van der Waals surface area contributed by atoms with Crippen LogP contribution in [0, 0.1) is 0 Å². The molecule has 0 atom stereocenters. The van der Waals surface area contributed by atoms with Crippen LogP contribution in [0.2, 0.25) is 0 Å². The van der Waals surface area contributed by atoms with Crippen molar-refractivity contribution in [3.63, 3.8) is 0 Å². The fraction of sp³-hybridized carbons (Fsp3) is 0.714. The Morgan fingerprint density at radius 2 is 1.74 bits per heavy atom. The molecule has 1 aliphatic carbocycles. The summed E-state index contributed by atoms with van der Waals surface area (Å²) in [4.78, 5) is 22.8. The largest absolute Gasteiger partial charge is 0.478 e. The Hall–Kier alpha value is -0.970. The molecule has 0 saturated heterocycles. The van der Waals surface area contributed by atoms with Crippen LogP contribution in [0.15, 0.2) is 11.1 Å². The molecule has 1 rings (SSSR count). The van der Waals surface area contributed by atoms with Gasteiger partial charge in [-0.25, -0.2) is 4.79 Å². The third-order valence-electron chi connectivity index (χ3n) is 3.99. The molecule has 0 aliphatic heterocycles. The Morgan fingerprint density at radius 1 is 1.16 bits per heavy atom. The highest BCUT2D eigenvalue weighted by atomic mass is 32.2. The van der Waals surface area contributed by atoms with Crippen LogP contribution >= 0.6 is 11.8 Å². The van der Waals surface area contributed by atoms with Crippen molar-refractivity contribution in [3.8, 4) is 0 Å². The van der Waals surface area contributed by atoms with Gasteiger partial charge < -0.3 is 10.4 Å². The average Bonchev–Trinajstić information content (AvgIpc) is 2.44. The Kier molecular flexibility index (Phi) is 5.91. The van der Waals surface area contributed by atoms with Crippen molar-refractivity contribution in [2.75, 3.05) is 12.8 Å². The highest BCUT2D eigenvalue weighted by molar-refractivity contribution is 8.00. The van der Waals surface area contributed by atoms with Gasteiger partial charge in [-0.1, -0.05) is 19.3 Å². The van der Waals surface area contributed by atoms with Crippen molar-refractivity contribution in [1.29, 1.82) is 0 Å². The minimum atomic E-state index is -1.04. The molecule has 0 radical (unpaired) electrons. The first-order valence-corrected chi connectivity index (χ1v) is 7.88. The molecule has 5 heteroatoms. The molecule has 0 heterocycles. The molecule has 1 amide bonds. The summed E-state index contributed by atoms with van der Waals surface area (Å²) >= 11 is 1.81. The van der Waals surface area contributed by atoms with Crippen LogP contribution in [0.5, 0.6) is 0 Å². The molecule has 0 aromatic carbocycles. The van der Waals surface area contributed by atoms with E-state index in [-0.39, 0.29) is 16.2 Å². The first-order chi connectivity index (χ1) is 8.92. The number of aliphatic carboxylic acids is 1. The maximum Gasteiger partial charge on any atom is 0.331 e. The van der Waals surface area contributed by atoms with Gasteiger partial charge in [0.25, 0.3) is 0 Å². The second kappa shape index (κ2) is 6.98. The van der Waals surface area contributed by atoms with Gasteiger partial charge >= 0.3 is 5.97 Å². The predicted molar refractivity (Wildman–Crippen MR) is 78.4 cm³/mol. The minimum absolute atomic E-state index is 0.111. The fourth-order valence-corrected chi connectivity index (χ4v) is 3.27. The molecular weight excluding hydrogens is 262 g/mol. The maximum atomic E-state index is 11.9. The standard InChI is InChI=1S/C14H23NO3S/c1-10(11(2)13(17)18)12(16)15-9-14(19-3)7-5-4-6-8-14/h4-9H2,1-3H3,(H,15,16)(H,17,18). The van der Waals surface area contributed by atoms with Crippen molar-refractivity contribution >= 4 is 23.6 Å². The van der Waals surface area contributed by atoms with Crippen molar-refractivity contribution in [2.24, 2.45) is 0 Å². The summed E-state index contributed by atoms with van der Waals surface area (Å²) in [6, 6.07) is 0. The number of carbonyl (C=O) groups is 2. The number of nitrogens with one attached hydrogen (secondary N) is 1. The molecule has 108 valence electrons. The van der Waals surface area contributed by atoms with Gasteiger partial charge in [0.1, 0.15) is 0 Å². The van der Waals surface area contributed by atoms with Crippen molar-refractivity contribution in [2.45, 2.75) is 50.7 Å². The SMILES string of the molecule is CSC1(CNC(=O)C(C)=C(C)C(=O)O)CCCCC1. The van der Waals surface area contributed by atoms with Crippen LogP contribution < -0.4 is 5.32 Å². The molecule has 1 aliphatic rings. The number of thioether (sulfide) groups is 1. The third-order valence-corrected chi connectivity index (χ3v) is 5.41. The van der Waals surface area contributed by atoms with Crippen LogP contribution in [-0.4, -0.2) is 34.5 Å². The van der Waals surface area contributed by atoms with Crippen LogP contribution in [0.1, 0.15) is 46.0 Å². The zero-order valence-electron chi connectivity index (χ0n) is 11.9. The summed E-state index contributed by atoms with van der Waals surface area (Å²) in [7, 11) is 0. The van der Waals surface area contributed by atoms with E-state index < -0.39 is 5.97 Å². The van der Waals surface area contributed by atoms with Gasteiger partial charge in [-0.15, -0.1) is 0 Å². The first-order valence-electron chi connectivity index (χ1n) is 6.66. The molecule has 4 nitrogen and oxygen atoms in total. The highest BCUT2D eigenvalue weighted by Crippen LogP contribution is 2.37. The van der Waals surface area contributed by atoms with E-state index in [1.54, 1.807) is 6.92 Å². The molecule has 1 saturated carbocycles. The predicted octanol–water partition coefficient (Wildman–Crippen LogP) is 2.59. The van der Waals surface area contributed by atoms with Gasteiger partial charge in [-0.05, 0) is 32.9 Å². The summed E-state index contributed by atoms with van der Waals surface area (Å²) in [6.45, 7) is 3.64. The van der Waals surface area contributed by atoms with E-state index in [0.29, 0.717) is 12.1 Å². The van der Waals surface area contributed by atoms with Gasteiger partial charge in [-0.2, -0.15) is 11.8 Å². The van der Waals surface area contributed by atoms with Crippen LogP contribution in [0.25, 0.3) is 0 Å². The van der Waals surface area contributed by atoms with Gasteiger partial charge in [0.05, 0.1) is 0 Å². The van der Waals surface area contributed by atoms with E-state index >= 15 is 0 Å². The lowest BCUT2D eigenvalue weighted by molar-refractivity contribution is -0.133. The second-order valence-electron chi connectivity index (χ2n) is 5.19. The number of hydrogen-bond acceptors (Lipinski definition) is 3. The fourth-order valence-electron chi connectivity index (χ4n) is 2.35. The van der Waals surface area contributed by atoms with E-state index in [0.717, 1.165) is 12.8 Å². The van der Waals surface area contributed by atoms with Crippen molar-refractivity contribution in [1.82, 2.24) is 5.32 Å². The minimum Gasteiger partial charge on any atom is -0.478 e. The molecule has 1 fully saturated rings. The average molecular weight is 285 g/mol. The Bertz CT molecular complexity index is 384. The maximum absolute atomic E-state index is 11.9. The van der Waals surface area contributed by atoms with E-state index in [4.69, 9.17) is 5.11 Å². The topological polar surface area (TPSA) is 66.4 Å². The van der Waals surface area contributed by atoms with Crippen LogP contribution in [0.4, 0.5) is 0 Å². The lowest BCUT2D eigenvalue weighted by atomic mass is 9.88.